The quantitative estimate of drug-likeness (QED) is 0.868. The molecule has 0 saturated carbocycles. The van der Waals surface area contributed by atoms with Crippen LogP contribution in [-0.2, 0) is 13.0 Å². The molecule has 0 aliphatic heterocycles. The Balaban J connectivity index is 2.60. The van der Waals surface area contributed by atoms with Gasteiger partial charge in [-0.3, -0.25) is 0 Å². The van der Waals surface area contributed by atoms with Crippen molar-refractivity contribution in [2.75, 3.05) is 5.73 Å². The molecule has 0 aliphatic carbocycles. The monoisotopic (exact) mass is 271 g/mol. The SMILES string of the molecule is C#CCn1c(CCC)nc(-c2cc(C)ccc2F)c1N. The fourth-order valence-electron chi connectivity index (χ4n) is 2.21. The lowest BCUT2D eigenvalue weighted by Crippen LogP contribution is -2.06. The number of rotatable bonds is 4. The van der Waals surface area contributed by atoms with Gasteiger partial charge < -0.3 is 10.3 Å². The van der Waals surface area contributed by atoms with Crippen LogP contribution in [0.15, 0.2) is 18.2 Å². The van der Waals surface area contributed by atoms with E-state index >= 15 is 0 Å². The molecule has 1 aromatic heterocycles. The highest BCUT2D eigenvalue weighted by Crippen LogP contribution is 2.29. The summed E-state index contributed by atoms with van der Waals surface area (Å²) in [6.07, 6.45) is 7.06. The molecule has 2 aromatic rings. The minimum atomic E-state index is -0.323. The maximum atomic E-state index is 14.0. The van der Waals surface area contributed by atoms with Crippen molar-refractivity contribution in [3.63, 3.8) is 0 Å². The number of anilines is 1. The average molecular weight is 271 g/mol. The van der Waals surface area contributed by atoms with Crippen LogP contribution in [0.4, 0.5) is 10.2 Å². The van der Waals surface area contributed by atoms with Crippen molar-refractivity contribution >= 4 is 5.82 Å². The third kappa shape index (κ3) is 2.53. The van der Waals surface area contributed by atoms with Crippen molar-refractivity contribution in [3.05, 3.63) is 35.4 Å². The number of imidazole rings is 1. The predicted molar refractivity (Wildman–Crippen MR) is 79.6 cm³/mol. The van der Waals surface area contributed by atoms with Gasteiger partial charge in [-0.15, -0.1) is 6.42 Å². The molecular weight excluding hydrogens is 253 g/mol. The first-order valence-corrected chi connectivity index (χ1v) is 6.63. The van der Waals surface area contributed by atoms with Crippen molar-refractivity contribution in [3.8, 4) is 23.6 Å². The maximum absolute atomic E-state index is 14.0. The minimum Gasteiger partial charge on any atom is -0.383 e. The van der Waals surface area contributed by atoms with Gasteiger partial charge in [0.25, 0.3) is 0 Å². The average Bonchev–Trinajstić information content (AvgIpc) is 2.71. The van der Waals surface area contributed by atoms with E-state index in [0.717, 1.165) is 24.2 Å². The fourth-order valence-corrected chi connectivity index (χ4v) is 2.21. The number of hydrogen-bond donors (Lipinski definition) is 1. The van der Waals surface area contributed by atoms with Crippen LogP contribution in [-0.4, -0.2) is 9.55 Å². The van der Waals surface area contributed by atoms with E-state index in [1.807, 2.05) is 6.92 Å². The van der Waals surface area contributed by atoms with Gasteiger partial charge in [0.1, 0.15) is 23.2 Å². The molecule has 0 unspecified atom stereocenters. The number of hydrogen-bond acceptors (Lipinski definition) is 2. The fraction of sp³-hybridized carbons (Fsp3) is 0.312. The van der Waals surface area contributed by atoms with Gasteiger partial charge in [-0.1, -0.05) is 24.5 Å². The molecule has 0 atom stereocenters. The Morgan fingerprint density at radius 3 is 2.85 bits per heavy atom. The lowest BCUT2D eigenvalue weighted by molar-refractivity contribution is 0.630. The highest BCUT2D eigenvalue weighted by molar-refractivity contribution is 5.72. The molecule has 0 amide bonds. The summed E-state index contributed by atoms with van der Waals surface area (Å²) < 4.78 is 15.8. The highest BCUT2D eigenvalue weighted by Gasteiger charge is 2.17. The summed E-state index contributed by atoms with van der Waals surface area (Å²) in [6, 6.07) is 4.91. The second-order valence-corrected chi connectivity index (χ2v) is 4.79. The number of aromatic nitrogens is 2. The van der Waals surface area contributed by atoms with E-state index in [4.69, 9.17) is 12.2 Å². The second kappa shape index (κ2) is 5.79. The van der Waals surface area contributed by atoms with Crippen molar-refractivity contribution in [2.45, 2.75) is 33.2 Å². The van der Waals surface area contributed by atoms with Gasteiger partial charge in [0.15, 0.2) is 0 Å². The Morgan fingerprint density at radius 2 is 2.20 bits per heavy atom. The van der Waals surface area contributed by atoms with Gasteiger partial charge in [0.05, 0.1) is 6.54 Å². The zero-order valence-electron chi connectivity index (χ0n) is 11.8. The van der Waals surface area contributed by atoms with Crippen LogP contribution in [0.25, 0.3) is 11.3 Å². The Morgan fingerprint density at radius 1 is 1.45 bits per heavy atom. The minimum absolute atomic E-state index is 0.323. The molecule has 0 bridgehead atoms. The molecule has 0 spiro atoms. The van der Waals surface area contributed by atoms with Crippen LogP contribution < -0.4 is 5.73 Å². The normalized spacial score (nSPS) is 10.5. The molecule has 3 nitrogen and oxygen atoms in total. The molecule has 4 heteroatoms. The molecule has 1 aromatic carbocycles. The molecule has 0 aliphatic rings. The molecule has 2 N–H and O–H groups in total. The summed E-state index contributed by atoms with van der Waals surface area (Å²) in [7, 11) is 0. The zero-order valence-corrected chi connectivity index (χ0v) is 11.8. The van der Waals surface area contributed by atoms with E-state index in [1.54, 1.807) is 16.7 Å². The third-order valence-electron chi connectivity index (χ3n) is 3.19. The summed E-state index contributed by atoms with van der Waals surface area (Å²) in [4.78, 5) is 4.49. The number of nitrogen functional groups attached to an aromatic ring is 1. The first-order chi connectivity index (χ1) is 9.58. The van der Waals surface area contributed by atoms with E-state index in [9.17, 15) is 4.39 Å². The van der Waals surface area contributed by atoms with Crippen molar-refractivity contribution in [1.29, 1.82) is 0 Å². The largest absolute Gasteiger partial charge is 0.383 e. The molecule has 2 rings (SSSR count). The summed E-state index contributed by atoms with van der Waals surface area (Å²) in [5, 5.41) is 0. The summed E-state index contributed by atoms with van der Waals surface area (Å²) in [5.41, 5.74) is 7.98. The Bertz CT molecular complexity index is 665. The van der Waals surface area contributed by atoms with Crippen LogP contribution in [0.5, 0.6) is 0 Å². The first-order valence-electron chi connectivity index (χ1n) is 6.63. The summed E-state index contributed by atoms with van der Waals surface area (Å²) in [6.45, 7) is 4.31. The second-order valence-electron chi connectivity index (χ2n) is 4.79. The number of aryl methyl sites for hydroxylation is 2. The number of nitrogens with zero attached hydrogens (tertiary/aromatic N) is 2. The van der Waals surface area contributed by atoms with Crippen LogP contribution in [0.2, 0.25) is 0 Å². The van der Waals surface area contributed by atoms with Gasteiger partial charge in [0.2, 0.25) is 0 Å². The van der Waals surface area contributed by atoms with E-state index in [-0.39, 0.29) is 5.82 Å². The highest BCUT2D eigenvalue weighted by atomic mass is 19.1. The third-order valence-corrected chi connectivity index (χ3v) is 3.19. The van der Waals surface area contributed by atoms with E-state index in [0.29, 0.717) is 23.6 Å². The molecule has 0 saturated heterocycles. The van der Waals surface area contributed by atoms with Crippen LogP contribution in [0, 0.1) is 25.1 Å². The van der Waals surface area contributed by atoms with Crippen LogP contribution in [0.3, 0.4) is 0 Å². The van der Waals surface area contributed by atoms with Crippen molar-refractivity contribution < 1.29 is 4.39 Å². The molecule has 104 valence electrons. The van der Waals surface area contributed by atoms with Gasteiger partial charge in [-0.2, -0.15) is 0 Å². The van der Waals surface area contributed by atoms with Gasteiger partial charge in [-0.25, -0.2) is 9.37 Å². The zero-order chi connectivity index (χ0) is 14.7. The summed E-state index contributed by atoms with van der Waals surface area (Å²) >= 11 is 0. The molecule has 0 radical (unpaired) electrons. The molecule has 0 fully saturated rings. The Hall–Kier alpha value is -2.28. The lowest BCUT2D eigenvalue weighted by atomic mass is 10.1. The summed E-state index contributed by atoms with van der Waals surface area (Å²) in [5.74, 6) is 3.47. The lowest BCUT2D eigenvalue weighted by Gasteiger charge is -2.05. The molecular formula is C16H18FN3. The Labute approximate surface area is 118 Å². The van der Waals surface area contributed by atoms with Crippen molar-refractivity contribution in [1.82, 2.24) is 9.55 Å². The van der Waals surface area contributed by atoms with Crippen LogP contribution >= 0.6 is 0 Å². The number of nitrogens with two attached hydrogens (primary N) is 1. The van der Waals surface area contributed by atoms with Gasteiger partial charge in [0, 0.05) is 12.0 Å². The van der Waals surface area contributed by atoms with Crippen LogP contribution in [0.1, 0.15) is 24.7 Å². The Kier molecular flexibility index (Phi) is 4.09. The topological polar surface area (TPSA) is 43.8 Å². The number of terminal acetylenes is 1. The van der Waals surface area contributed by atoms with E-state index in [2.05, 4.69) is 17.8 Å². The smallest absolute Gasteiger partial charge is 0.132 e. The maximum Gasteiger partial charge on any atom is 0.132 e. The standard InChI is InChI=1S/C16H18FN3/c1-4-6-14-19-15(16(18)20(14)9-5-2)12-10-11(3)7-8-13(12)17/h2,7-8,10H,4,6,9,18H2,1,3H3. The van der Waals surface area contributed by atoms with Gasteiger partial charge >= 0.3 is 0 Å². The molecule has 20 heavy (non-hydrogen) atoms. The van der Waals surface area contributed by atoms with Crippen molar-refractivity contribution in [2.24, 2.45) is 0 Å². The van der Waals surface area contributed by atoms with E-state index in [1.165, 1.54) is 6.07 Å². The number of halogens is 1. The van der Waals surface area contributed by atoms with Gasteiger partial charge in [-0.05, 0) is 25.5 Å². The first kappa shape index (κ1) is 14.1. The van der Waals surface area contributed by atoms with E-state index < -0.39 is 0 Å². The number of benzene rings is 1. The molecule has 1 heterocycles. The predicted octanol–water partition coefficient (Wildman–Crippen LogP) is 3.17.